The van der Waals surface area contributed by atoms with Crippen molar-refractivity contribution in [3.8, 4) is 55.9 Å². The Kier molecular flexibility index (Phi) is 8.57. The molecule has 0 atom stereocenters. The summed E-state index contributed by atoms with van der Waals surface area (Å²) < 4.78 is 4.85. The van der Waals surface area contributed by atoms with E-state index in [1.807, 2.05) is 0 Å². The second-order valence-corrected chi connectivity index (χ2v) is 22.5. The maximum absolute atomic E-state index is 2.54. The number of aromatic nitrogens is 2. The first-order valence-corrected chi connectivity index (χ1v) is 26.0. The van der Waals surface area contributed by atoms with Crippen LogP contribution >= 0.6 is 0 Å². The van der Waals surface area contributed by atoms with Gasteiger partial charge in [0.1, 0.15) is 0 Å². The lowest BCUT2D eigenvalue weighted by Gasteiger charge is -2.24. The molecule has 12 aromatic rings. The van der Waals surface area contributed by atoms with Gasteiger partial charge in [-0.15, -0.1) is 0 Å². The molecule has 0 aliphatic heterocycles. The van der Waals surface area contributed by atoms with E-state index in [0.29, 0.717) is 0 Å². The number of nitrogens with zero attached hydrogens (tertiary/aromatic N) is 2. The normalized spacial score (nSPS) is 15.3. The molecule has 2 heteroatoms. The highest BCUT2D eigenvalue weighted by molar-refractivity contribution is 6.11. The van der Waals surface area contributed by atoms with Gasteiger partial charge in [0.05, 0.1) is 22.1 Å². The third-order valence-corrected chi connectivity index (χ3v) is 17.5. The average molecular weight is 935 g/mol. The molecule has 0 fully saturated rings. The Hall–Kier alpha value is -8.46. The summed E-state index contributed by atoms with van der Waals surface area (Å²) in [6, 6.07) is 77.8. The standard InChI is InChI=1S/C71H54N2/c1-69(2)59-21-13-10-18-49(59)50-33-30-48(40-62(50)69)73-66-23-15-12-20-54(66)58-38-45(29-35-68(58)73)46-28-32-52-56-42-63-55(41-64(56)71(5,6)61(52)39-46)51-31-26-44(37-60(51)70(63,3)4)25-24-43-27-34-67-57(36-43)53-19-11-14-22-65(53)72(67)47-16-8-7-9-17-47/h7-42H,1-6H3. The number of rotatable bonds is 5. The molecule has 0 N–H and O–H groups in total. The van der Waals surface area contributed by atoms with Crippen LogP contribution in [0.2, 0.25) is 0 Å². The molecule has 3 aliphatic carbocycles. The fourth-order valence-corrected chi connectivity index (χ4v) is 13.7. The van der Waals surface area contributed by atoms with Crippen molar-refractivity contribution in [1.82, 2.24) is 9.13 Å². The van der Waals surface area contributed by atoms with E-state index in [2.05, 4.69) is 269 Å². The maximum Gasteiger partial charge on any atom is 0.0541 e. The molecule has 0 saturated heterocycles. The summed E-state index contributed by atoms with van der Waals surface area (Å²) in [5.74, 6) is 0. The van der Waals surface area contributed by atoms with E-state index in [1.54, 1.807) is 0 Å². The Bertz CT molecular complexity index is 4390. The van der Waals surface area contributed by atoms with Crippen molar-refractivity contribution in [3.63, 3.8) is 0 Å². The molecule has 348 valence electrons. The minimum absolute atomic E-state index is 0.0651. The molecule has 0 radical (unpaired) electrons. The van der Waals surface area contributed by atoms with Crippen LogP contribution in [0.1, 0.15) is 86.1 Å². The van der Waals surface area contributed by atoms with E-state index in [-0.39, 0.29) is 16.2 Å². The Labute approximate surface area is 427 Å². The number of fused-ring (bicyclic) bond motifs is 15. The predicted molar refractivity (Wildman–Crippen MR) is 309 cm³/mol. The van der Waals surface area contributed by atoms with Crippen molar-refractivity contribution in [2.75, 3.05) is 0 Å². The Balaban J connectivity index is 0.754. The van der Waals surface area contributed by atoms with Crippen molar-refractivity contribution in [2.24, 2.45) is 0 Å². The van der Waals surface area contributed by atoms with Crippen LogP contribution in [0.5, 0.6) is 0 Å². The zero-order valence-corrected chi connectivity index (χ0v) is 42.2. The van der Waals surface area contributed by atoms with Crippen molar-refractivity contribution >= 4 is 55.8 Å². The lowest BCUT2D eigenvalue weighted by atomic mass is 9.79. The molecule has 0 unspecified atom stereocenters. The number of para-hydroxylation sites is 3. The second-order valence-electron chi connectivity index (χ2n) is 22.5. The molecule has 10 aromatic carbocycles. The van der Waals surface area contributed by atoms with E-state index < -0.39 is 0 Å². The lowest BCUT2D eigenvalue weighted by molar-refractivity contribution is 0.652. The summed E-state index contributed by atoms with van der Waals surface area (Å²) in [5.41, 5.74) is 28.4. The van der Waals surface area contributed by atoms with Crippen LogP contribution in [-0.4, -0.2) is 9.13 Å². The van der Waals surface area contributed by atoms with E-state index in [9.17, 15) is 0 Å². The van der Waals surface area contributed by atoms with Crippen LogP contribution in [-0.2, 0) is 16.2 Å². The number of hydrogen-bond donors (Lipinski definition) is 0. The van der Waals surface area contributed by atoms with Gasteiger partial charge in [-0.25, -0.2) is 0 Å². The first-order chi connectivity index (χ1) is 35.4. The van der Waals surface area contributed by atoms with Crippen LogP contribution in [0.25, 0.3) is 112 Å². The molecular formula is C71H54N2. The largest absolute Gasteiger partial charge is 0.309 e. The van der Waals surface area contributed by atoms with Crippen molar-refractivity contribution in [1.29, 1.82) is 0 Å². The van der Waals surface area contributed by atoms with Crippen LogP contribution < -0.4 is 0 Å². The Morgan fingerprint density at radius 1 is 0.274 bits per heavy atom. The van der Waals surface area contributed by atoms with E-state index in [4.69, 9.17) is 0 Å². The quantitative estimate of drug-likeness (QED) is 0.152. The highest BCUT2D eigenvalue weighted by Crippen LogP contribution is 2.57. The second kappa shape index (κ2) is 14.8. The molecule has 2 aromatic heterocycles. The molecule has 0 amide bonds. The summed E-state index contributed by atoms with van der Waals surface area (Å²) in [7, 11) is 0. The van der Waals surface area contributed by atoms with Gasteiger partial charge in [0.25, 0.3) is 0 Å². The van der Waals surface area contributed by atoms with Gasteiger partial charge in [-0.3, -0.25) is 0 Å². The van der Waals surface area contributed by atoms with Crippen molar-refractivity contribution in [2.45, 2.75) is 57.8 Å². The van der Waals surface area contributed by atoms with E-state index >= 15 is 0 Å². The number of benzene rings is 10. The van der Waals surface area contributed by atoms with Gasteiger partial charge in [0.15, 0.2) is 0 Å². The molecule has 15 rings (SSSR count). The minimum Gasteiger partial charge on any atom is -0.309 e. The summed E-state index contributed by atoms with van der Waals surface area (Å²) in [6.07, 6.45) is 4.57. The SMILES string of the molecule is CC1(C)c2ccccc2-c2ccc(-n3c4ccccc4c4cc(-c5ccc6c(c5)C(C)(C)c5cc7c(cc5-6)C(C)(C)c5cc(C=Cc6ccc8c(c6)c6ccccc6n8-c6ccccc6)ccc5-7)ccc43)cc21. The maximum atomic E-state index is 2.54. The average Bonchev–Trinajstić information content (AvgIpc) is 4.13. The number of hydrogen-bond acceptors (Lipinski definition) is 0. The Morgan fingerprint density at radius 3 is 1.42 bits per heavy atom. The molecule has 2 nitrogen and oxygen atoms in total. The zero-order valence-electron chi connectivity index (χ0n) is 42.2. The third-order valence-electron chi connectivity index (χ3n) is 17.5. The molecule has 0 bridgehead atoms. The summed E-state index contributed by atoms with van der Waals surface area (Å²) in [5, 5.41) is 5.09. The molecule has 2 heterocycles. The predicted octanol–water partition coefficient (Wildman–Crippen LogP) is 18.6. The fourth-order valence-electron chi connectivity index (χ4n) is 13.7. The zero-order chi connectivity index (χ0) is 49.1. The van der Waals surface area contributed by atoms with Crippen LogP contribution in [0.4, 0.5) is 0 Å². The smallest absolute Gasteiger partial charge is 0.0541 e. The molecule has 0 spiro atoms. The Morgan fingerprint density at radius 2 is 0.712 bits per heavy atom. The van der Waals surface area contributed by atoms with Gasteiger partial charge < -0.3 is 9.13 Å². The van der Waals surface area contributed by atoms with Crippen LogP contribution in [0.15, 0.2) is 206 Å². The van der Waals surface area contributed by atoms with Gasteiger partial charge >= 0.3 is 0 Å². The highest BCUT2D eigenvalue weighted by Gasteiger charge is 2.42. The van der Waals surface area contributed by atoms with Crippen LogP contribution in [0.3, 0.4) is 0 Å². The van der Waals surface area contributed by atoms with Gasteiger partial charge in [0, 0.05) is 49.2 Å². The highest BCUT2D eigenvalue weighted by atomic mass is 15.0. The first kappa shape index (κ1) is 42.2. The lowest BCUT2D eigenvalue weighted by Crippen LogP contribution is -2.17. The van der Waals surface area contributed by atoms with Crippen molar-refractivity contribution < 1.29 is 0 Å². The molecule has 0 saturated carbocycles. The van der Waals surface area contributed by atoms with Crippen LogP contribution in [0, 0.1) is 0 Å². The van der Waals surface area contributed by atoms with E-state index in [0.717, 1.165) is 0 Å². The topological polar surface area (TPSA) is 9.86 Å². The van der Waals surface area contributed by atoms with Gasteiger partial charge in [-0.1, -0.05) is 181 Å². The molecular weight excluding hydrogens is 881 g/mol. The third kappa shape index (κ3) is 5.87. The monoisotopic (exact) mass is 934 g/mol. The van der Waals surface area contributed by atoms with Crippen molar-refractivity contribution in [3.05, 3.63) is 251 Å². The van der Waals surface area contributed by atoms with Gasteiger partial charge in [-0.2, -0.15) is 0 Å². The van der Waals surface area contributed by atoms with Gasteiger partial charge in [0.2, 0.25) is 0 Å². The van der Waals surface area contributed by atoms with E-state index in [1.165, 1.54) is 144 Å². The molecule has 73 heavy (non-hydrogen) atoms. The summed E-state index contributed by atoms with van der Waals surface area (Å²) in [6.45, 7) is 14.4. The summed E-state index contributed by atoms with van der Waals surface area (Å²) >= 11 is 0. The minimum atomic E-state index is -0.166. The molecule has 3 aliphatic rings. The summed E-state index contributed by atoms with van der Waals surface area (Å²) in [4.78, 5) is 0. The van der Waals surface area contributed by atoms with Gasteiger partial charge in [-0.05, 0) is 168 Å². The fraction of sp³-hybridized carbons (Fsp3) is 0.127. The first-order valence-electron chi connectivity index (χ1n) is 26.0.